The summed E-state index contributed by atoms with van der Waals surface area (Å²) in [5.41, 5.74) is 0.688. The quantitative estimate of drug-likeness (QED) is 0.730. The summed E-state index contributed by atoms with van der Waals surface area (Å²) in [6.45, 7) is 1.57. The van der Waals surface area contributed by atoms with Crippen molar-refractivity contribution in [3.05, 3.63) is 65.3 Å². The van der Waals surface area contributed by atoms with Crippen LogP contribution < -0.4 is 4.72 Å². The highest BCUT2D eigenvalue weighted by Gasteiger charge is 2.22. The number of halogens is 2. The second-order valence-corrected chi connectivity index (χ2v) is 7.41. The van der Waals surface area contributed by atoms with Crippen molar-refractivity contribution in [3.8, 4) is 11.4 Å². The highest BCUT2D eigenvalue weighted by atomic mass is 35.5. The van der Waals surface area contributed by atoms with Crippen LogP contribution in [0, 0.1) is 5.82 Å². The van der Waals surface area contributed by atoms with Crippen molar-refractivity contribution in [2.45, 2.75) is 17.9 Å². The molecule has 0 unspecified atom stereocenters. The summed E-state index contributed by atoms with van der Waals surface area (Å²) in [7, 11) is -3.85. The SMILES string of the molecule is C[C@H](NS(=O)(=O)c1ccc(F)cc1)c1nc(-c2ccc(Cl)cc2)no1. The number of benzene rings is 2. The lowest BCUT2D eigenvalue weighted by molar-refractivity contribution is 0.354. The van der Waals surface area contributed by atoms with Crippen LogP contribution in [0.4, 0.5) is 4.39 Å². The molecule has 3 rings (SSSR count). The molecule has 1 heterocycles. The Morgan fingerprint density at radius 3 is 2.40 bits per heavy atom. The van der Waals surface area contributed by atoms with E-state index >= 15 is 0 Å². The second-order valence-electron chi connectivity index (χ2n) is 5.26. The normalized spacial score (nSPS) is 12.9. The summed E-state index contributed by atoms with van der Waals surface area (Å²) in [6.07, 6.45) is 0. The van der Waals surface area contributed by atoms with Gasteiger partial charge in [-0.05, 0) is 55.5 Å². The lowest BCUT2D eigenvalue weighted by atomic mass is 10.2. The van der Waals surface area contributed by atoms with E-state index in [0.717, 1.165) is 12.1 Å². The van der Waals surface area contributed by atoms with E-state index < -0.39 is 21.9 Å². The molecule has 0 bridgehead atoms. The van der Waals surface area contributed by atoms with Gasteiger partial charge in [0, 0.05) is 10.6 Å². The molecule has 3 aromatic rings. The molecule has 0 saturated carbocycles. The van der Waals surface area contributed by atoms with Gasteiger partial charge in [0.15, 0.2) is 0 Å². The number of nitrogens with zero attached hydrogens (tertiary/aromatic N) is 2. The Bertz CT molecular complexity index is 973. The molecule has 130 valence electrons. The third-order valence-corrected chi connectivity index (χ3v) is 5.18. The fourth-order valence-electron chi connectivity index (χ4n) is 2.09. The van der Waals surface area contributed by atoms with E-state index in [2.05, 4.69) is 14.9 Å². The fourth-order valence-corrected chi connectivity index (χ4v) is 3.41. The Morgan fingerprint density at radius 1 is 1.12 bits per heavy atom. The van der Waals surface area contributed by atoms with Gasteiger partial charge in [-0.15, -0.1) is 0 Å². The monoisotopic (exact) mass is 381 g/mol. The summed E-state index contributed by atoms with van der Waals surface area (Å²) in [6, 6.07) is 10.6. The lowest BCUT2D eigenvalue weighted by Gasteiger charge is -2.10. The van der Waals surface area contributed by atoms with Crippen LogP contribution in [0.3, 0.4) is 0 Å². The van der Waals surface area contributed by atoms with E-state index in [-0.39, 0.29) is 10.8 Å². The van der Waals surface area contributed by atoms with Gasteiger partial charge in [-0.3, -0.25) is 0 Å². The van der Waals surface area contributed by atoms with Crippen molar-refractivity contribution < 1.29 is 17.3 Å². The Kier molecular flexibility index (Phi) is 4.85. The standard InChI is InChI=1S/C16H13ClFN3O3S/c1-10(21-25(22,23)14-8-6-13(18)7-9-14)16-19-15(20-24-16)11-2-4-12(17)5-3-11/h2-10,21H,1H3/t10-/m0/s1. The third-order valence-electron chi connectivity index (χ3n) is 3.37. The number of nitrogens with one attached hydrogen (secondary N) is 1. The van der Waals surface area contributed by atoms with Crippen LogP contribution >= 0.6 is 11.6 Å². The van der Waals surface area contributed by atoms with Gasteiger partial charge >= 0.3 is 0 Å². The topological polar surface area (TPSA) is 85.1 Å². The maximum atomic E-state index is 12.9. The van der Waals surface area contributed by atoms with E-state index in [9.17, 15) is 12.8 Å². The summed E-state index contributed by atoms with van der Waals surface area (Å²) < 4.78 is 45.1. The maximum absolute atomic E-state index is 12.9. The van der Waals surface area contributed by atoms with E-state index in [1.807, 2.05) is 0 Å². The van der Waals surface area contributed by atoms with Crippen LogP contribution in [0.2, 0.25) is 5.02 Å². The average Bonchev–Trinajstić information content (AvgIpc) is 3.06. The zero-order chi connectivity index (χ0) is 18.0. The van der Waals surface area contributed by atoms with Gasteiger partial charge in [0.05, 0.1) is 10.9 Å². The Hall–Kier alpha value is -2.29. The van der Waals surface area contributed by atoms with Gasteiger partial charge in [-0.1, -0.05) is 16.8 Å². The van der Waals surface area contributed by atoms with Crippen molar-refractivity contribution in [2.75, 3.05) is 0 Å². The molecule has 0 aliphatic carbocycles. The van der Waals surface area contributed by atoms with Gasteiger partial charge in [0.2, 0.25) is 21.7 Å². The fraction of sp³-hybridized carbons (Fsp3) is 0.125. The first-order valence-corrected chi connectivity index (χ1v) is 9.09. The summed E-state index contributed by atoms with van der Waals surface area (Å²) >= 11 is 5.83. The first kappa shape index (κ1) is 17.5. The van der Waals surface area contributed by atoms with E-state index in [4.69, 9.17) is 16.1 Å². The molecule has 0 fully saturated rings. The van der Waals surface area contributed by atoms with Crippen LogP contribution in [-0.4, -0.2) is 18.6 Å². The predicted molar refractivity (Wildman–Crippen MR) is 89.9 cm³/mol. The van der Waals surface area contributed by atoms with Gasteiger partial charge in [0.1, 0.15) is 5.82 Å². The zero-order valence-electron chi connectivity index (χ0n) is 13.0. The summed E-state index contributed by atoms with van der Waals surface area (Å²) in [4.78, 5) is 4.14. The predicted octanol–water partition coefficient (Wildman–Crippen LogP) is 3.57. The number of sulfonamides is 1. The smallest absolute Gasteiger partial charge is 0.244 e. The maximum Gasteiger partial charge on any atom is 0.244 e. The first-order valence-electron chi connectivity index (χ1n) is 7.22. The van der Waals surface area contributed by atoms with Crippen LogP contribution in [0.1, 0.15) is 18.9 Å². The molecular weight excluding hydrogens is 369 g/mol. The molecule has 1 N–H and O–H groups in total. The Labute approximate surface area is 148 Å². The number of hydrogen-bond donors (Lipinski definition) is 1. The van der Waals surface area contributed by atoms with E-state index in [1.165, 1.54) is 12.1 Å². The number of aromatic nitrogens is 2. The minimum atomic E-state index is -3.85. The van der Waals surface area contributed by atoms with Crippen molar-refractivity contribution in [1.29, 1.82) is 0 Å². The van der Waals surface area contributed by atoms with Gasteiger partial charge in [-0.25, -0.2) is 12.8 Å². The van der Waals surface area contributed by atoms with Crippen molar-refractivity contribution in [3.63, 3.8) is 0 Å². The van der Waals surface area contributed by atoms with Crippen molar-refractivity contribution in [1.82, 2.24) is 14.9 Å². The van der Waals surface area contributed by atoms with Crippen molar-refractivity contribution in [2.24, 2.45) is 0 Å². The highest BCUT2D eigenvalue weighted by molar-refractivity contribution is 7.89. The van der Waals surface area contributed by atoms with Crippen LogP contribution in [0.5, 0.6) is 0 Å². The van der Waals surface area contributed by atoms with E-state index in [1.54, 1.807) is 31.2 Å². The number of rotatable bonds is 5. The number of hydrogen-bond acceptors (Lipinski definition) is 5. The molecule has 0 aliphatic heterocycles. The molecule has 2 aromatic carbocycles. The lowest BCUT2D eigenvalue weighted by Crippen LogP contribution is -2.27. The minimum absolute atomic E-state index is 0.0572. The van der Waals surface area contributed by atoms with Gasteiger partial charge < -0.3 is 4.52 Å². The van der Waals surface area contributed by atoms with E-state index in [0.29, 0.717) is 16.4 Å². The molecule has 0 aliphatic rings. The molecule has 0 saturated heterocycles. The second kappa shape index (κ2) is 6.91. The Balaban J connectivity index is 1.78. The minimum Gasteiger partial charge on any atom is -0.337 e. The van der Waals surface area contributed by atoms with Gasteiger partial charge in [-0.2, -0.15) is 9.71 Å². The van der Waals surface area contributed by atoms with Crippen LogP contribution in [0.15, 0.2) is 57.9 Å². The molecule has 0 radical (unpaired) electrons. The molecule has 25 heavy (non-hydrogen) atoms. The zero-order valence-corrected chi connectivity index (χ0v) is 14.6. The van der Waals surface area contributed by atoms with Gasteiger partial charge in [0.25, 0.3) is 0 Å². The molecule has 0 amide bonds. The van der Waals surface area contributed by atoms with Crippen LogP contribution in [-0.2, 0) is 10.0 Å². The summed E-state index contributed by atoms with van der Waals surface area (Å²) in [5.74, 6) is -0.0911. The average molecular weight is 382 g/mol. The molecular formula is C16H13ClFN3O3S. The van der Waals surface area contributed by atoms with Crippen molar-refractivity contribution >= 4 is 21.6 Å². The third kappa shape index (κ3) is 4.04. The molecule has 0 spiro atoms. The molecule has 9 heteroatoms. The molecule has 1 aromatic heterocycles. The van der Waals surface area contributed by atoms with Crippen LogP contribution in [0.25, 0.3) is 11.4 Å². The summed E-state index contributed by atoms with van der Waals surface area (Å²) in [5, 5.41) is 4.41. The largest absolute Gasteiger partial charge is 0.337 e. The first-order chi connectivity index (χ1) is 11.8. The highest BCUT2D eigenvalue weighted by Crippen LogP contribution is 2.22. The molecule has 6 nitrogen and oxygen atoms in total. The Morgan fingerprint density at radius 2 is 1.76 bits per heavy atom. The molecule has 1 atom stereocenters.